The van der Waals surface area contributed by atoms with E-state index in [1.807, 2.05) is 39.0 Å². The Morgan fingerprint density at radius 1 is 1.41 bits per heavy atom. The summed E-state index contributed by atoms with van der Waals surface area (Å²) in [5, 5.41) is 0. The van der Waals surface area contributed by atoms with Crippen molar-refractivity contribution < 1.29 is 4.74 Å². The molecule has 0 aromatic carbocycles. The van der Waals surface area contributed by atoms with Crippen molar-refractivity contribution in [3.05, 3.63) is 47.9 Å². The number of rotatable bonds is 2. The number of methoxy groups -OCH3 is 1. The summed E-state index contributed by atoms with van der Waals surface area (Å²) >= 11 is 0. The average molecular weight is 236 g/mol. The SMILES string of the molecule is C=C(N)/C=C\c1cccnc1C.CC.COC. The van der Waals surface area contributed by atoms with Gasteiger partial charge in [0.05, 0.1) is 0 Å². The molecule has 1 rings (SSSR count). The van der Waals surface area contributed by atoms with Gasteiger partial charge in [-0.25, -0.2) is 0 Å². The van der Waals surface area contributed by atoms with Gasteiger partial charge < -0.3 is 10.5 Å². The first-order chi connectivity index (χ1) is 8.11. The number of nitrogens with two attached hydrogens (primary N) is 1. The minimum Gasteiger partial charge on any atom is -0.399 e. The average Bonchev–Trinajstić information content (AvgIpc) is 2.31. The molecule has 1 aromatic heterocycles. The molecule has 0 saturated carbocycles. The third-order valence-electron chi connectivity index (χ3n) is 1.52. The van der Waals surface area contributed by atoms with Crippen LogP contribution in [-0.4, -0.2) is 19.2 Å². The molecule has 17 heavy (non-hydrogen) atoms. The highest BCUT2D eigenvalue weighted by molar-refractivity contribution is 5.53. The van der Waals surface area contributed by atoms with Crippen molar-refractivity contribution in [2.45, 2.75) is 20.8 Å². The number of hydrogen-bond donors (Lipinski definition) is 1. The Morgan fingerprint density at radius 2 is 1.94 bits per heavy atom. The molecule has 0 fully saturated rings. The lowest BCUT2D eigenvalue weighted by Gasteiger charge is -1.96. The van der Waals surface area contributed by atoms with Gasteiger partial charge in [-0.05, 0) is 24.6 Å². The van der Waals surface area contributed by atoms with Crippen LogP contribution in [-0.2, 0) is 4.74 Å². The van der Waals surface area contributed by atoms with Gasteiger partial charge in [0.15, 0.2) is 0 Å². The Labute approximate surface area is 105 Å². The molecule has 0 amide bonds. The van der Waals surface area contributed by atoms with Crippen molar-refractivity contribution >= 4 is 6.08 Å². The lowest BCUT2D eigenvalue weighted by atomic mass is 10.2. The number of allylic oxidation sites excluding steroid dienone is 1. The largest absolute Gasteiger partial charge is 0.399 e. The molecular formula is C14H24N2O. The van der Waals surface area contributed by atoms with Crippen molar-refractivity contribution in [1.82, 2.24) is 4.98 Å². The monoisotopic (exact) mass is 236 g/mol. The predicted octanol–water partition coefficient (Wildman–Crippen LogP) is 3.16. The fourth-order valence-corrected chi connectivity index (χ4v) is 0.870. The molecule has 2 N–H and O–H groups in total. The molecule has 0 unspecified atom stereocenters. The van der Waals surface area contributed by atoms with Crippen molar-refractivity contribution in [3.63, 3.8) is 0 Å². The van der Waals surface area contributed by atoms with Gasteiger partial charge in [-0.2, -0.15) is 0 Å². The van der Waals surface area contributed by atoms with Crippen LogP contribution in [0.25, 0.3) is 6.08 Å². The van der Waals surface area contributed by atoms with Gasteiger partial charge in [0.2, 0.25) is 0 Å². The van der Waals surface area contributed by atoms with Gasteiger partial charge in [-0.1, -0.05) is 32.6 Å². The van der Waals surface area contributed by atoms with E-state index in [1.165, 1.54) is 0 Å². The van der Waals surface area contributed by atoms with E-state index in [-0.39, 0.29) is 0 Å². The van der Waals surface area contributed by atoms with E-state index in [9.17, 15) is 0 Å². The maximum absolute atomic E-state index is 5.39. The van der Waals surface area contributed by atoms with E-state index in [4.69, 9.17) is 5.73 Å². The fourth-order valence-electron chi connectivity index (χ4n) is 0.870. The maximum atomic E-state index is 5.39. The van der Waals surface area contributed by atoms with E-state index in [1.54, 1.807) is 26.5 Å². The topological polar surface area (TPSA) is 48.1 Å². The standard InChI is InChI=1S/C10H12N2.C2H6O.C2H6/c1-8(11)5-6-10-4-3-7-12-9(10)2;1-3-2;1-2/h3-7H,1,11H2,2H3;1-2H3;1-2H3/b6-5-;;. The van der Waals surface area contributed by atoms with Crippen molar-refractivity contribution in [2.24, 2.45) is 5.73 Å². The first-order valence-electron chi connectivity index (χ1n) is 5.56. The molecule has 0 spiro atoms. The van der Waals surface area contributed by atoms with E-state index >= 15 is 0 Å². The van der Waals surface area contributed by atoms with Crippen LogP contribution in [0.5, 0.6) is 0 Å². The number of nitrogens with zero attached hydrogens (tertiary/aromatic N) is 1. The van der Waals surface area contributed by atoms with Gasteiger partial charge in [0.1, 0.15) is 0 Å². The quantitative estimate of drug-likeness (QED) is 0.802. The van der Waals surface area contributed by atoms with E-state index < -0.39 is 0 Å². The summed E-state index contributed by atoms with van der Waals surface area (Å²) in [6, 6.07) is 3.88. The van der Waals surface area contributed by atoms with Crippen LogP contribution in [0.3, 0.4) is 0 Å². The molecule has 1 aromatic rings. The Balaban J connectivity index is 0. The molecule has 96 valence electrons. The first-order valence-corrected chi connectivity index (χ1v) is 5.56. The van der Waals surface area contributed by atoms with E-state index in [0.717, 1.165) is 11.3 Å². The molecule has 0 saturated heterocycles. The third kappa shape index (κ3) is 10.7. The molecule has 3 heteroatoms. The van der Waals surface area contributed by atoms with Crippen LogP contribution in [0.4, 0.5) is 0 Å². The smallest absolute Gasteiger partial charge is 0.0444 e. The van der Waals surface area contributed by atoms with Gasteiger partial charge in [-0.3, -0.25) is 4.98 Å². The lowest BCUT2D eigenvalue weighted by Crippen LogP contribution is -1.89. The molecule has 0 radical (unpaired) electrons. The fraction of sp³-hybridized carbons (Fsp3) is 0.357. The van der Waals surface area contributed by atoms with Gasteiger partial charge in [0, 0.05) is 31.8 Å². The lowest BCUT2D eigenvalue weighted by molar-refractivity contribution is 0.277. The molecule has 0 bridgehead atoms. The van der Waals surface area contributed by atoms with Crippen LogP contribution >= 0.6 is 0 Å². The predicted molar refractivity (Wildman–Crippen MR) is 75.6 cm³/mol. The number of ether oxygens (including phenoxy) is 1. The van der Waals surface area contributed by atoms with Crippen molar-refractivity contribution in [1.29, 1.82) is 0 Å². The first kappa shape index (κ1) is 17.8. The molecular weight excluding hydrogens is 212 g/mol. The minimum absolute atomic E-state index is 0.554. The highest BCUT2D eigenvalue weighted by Crippen LogP contribution is 2.05. The summed E-state index contributed by atoms with van der Waals surface area (Å²) < 4.78 is 4.25. The highest BCUT2D eigenvalue weighted by atomic mass is 16.4. The second-order valence-corrected chi connectivity index (χ2v) is 2.99. The second-order valence-electron chi connectivity index (χ2n) is 2.99. The highest BCUT2D eigenvalue weighted by Gasteiger charge is 1.91. The van der Waals surface area contributed by atoms with Crippen LogP contribution < -0.4 is 5.73 Å². The van der Waals surface area contributed by atoms with Crippen LogP contribution in [0.2, 0.25) is 0 Å². The van der Waals surface area contributed by atoms with Crippen molar-refractivity contribution in [3.8, 4) is 0 Å². The number of hydrogen-bond acceptors (Lipinski definition) is 3. The van der Waals surface area contributed by atoms with Crippen molar-refractivity contribution in [2.75, 3.05) is 14.2 Å². The van der Waals surface area contributed by atoms with Crippen LogP contribution in [0.15, 0.2) is 36.7 Å². The summed E-state index contributed by atoms with van der Waals surface area (Å²) in [6.45, 7) is 9.53. The normalized spacial score (nSPS) is 8.76. The molecule has 3 nitrogen and oxygen atoms in total. The Morgan fingerprint density at radius 3 is 2.35 bits per heavy atom. The zero-order valence-corrected chi connectivity index (χ0v) is 11.5. The maximum Gasteiger partial charge on any atom is 0.0444 e. The molecule has 1 heterocycles. The third-order valence-corrected chi connectivity index (χ3v) is 1.52. The van der Waals surface area contributed by atoms with Gasteiger partial charge in [-0.15, -0.1) is 0 Å². The Hall–Kier alpha value is -1.61. The second kappa shape index (κ2) is 12.5. The molecule has 0 aliphatic heterocycles. The number of pyridine rings is 1. The Bertz CT molecular complexity index is 333. The molecule has 0 aliphatic rings. The van der Waals surface area contributed by atoms with Crippen LogP contribution in [0.1, 0.15) is 25.1 Å². The zero-order chi connectivity index (χ0) is 13.7. The number of aromatic nitrogens is 1. The number of aryl methyl sites for hydroxylation is 1. The summed E-state index contributed by atoms with van der Waals surface area (Å²) in [6.07, 6.45) is 5.44. The van der Waals surface area contributed by atoms with Crippen LogP contribution in [0, 0.1) is 6.92 Å². The summed E-state index contributed by atoms with van der Waals surface area (Å²) in [4.78, 5) is 4.14. The summed E-state index contributed by atoms with van der Waals surface area (Å²) in [5.74, 6) is 0. The summed E-state index contributed by atoms with van der Waals surface area (Å²) in [5.41, 5.74) is 8.01. The zero-order valence-electron chi connectivity index (χ0n) is 11.5. The van der Waals surface area contributed by atoms with E-state index in [2.05, 4.69) is 16.3 Å². The molecule has 0 atom stereocenters. The van der Waals surface area contributed by atoms with Gasteiger partial charge >= 0.3 is 0 Å². The molecule has 0 aliphatic carbocycles. The Kier molecular flexibility index (Phi) is 13.0. The van der Waals surface area contributed by atoms with Gasteiger partial charge in [0.25, 0.3) is 0 Å². The summed E-state index contributed by atoms with van der Waals surface area (Å²) in [7, 11) is 3.25. The minimum atomic E-state index is 0.554. The van der Waals surface area contributed by atoms with E-state index in [0.29, 0.717) is 5.70 Å².